The summed E-state index contributed by atoms with van der Waals surface area (Å²) in [6, 6.07) is 6.78. The van der Waals surface area contributed by atoms with E-state index in [9.17, 15) is 0 Å². The molecule has 0 amide bonds. The number of fused-ring (bicyclic) bond motifs is 1. The summed E-state index contributed by atoms with van der Waals surface area (Å²) in [6.45, 7) is 6.07. The van der Waals surface area contributed by atoms with Crippen LogP contribution in [0.3, 0.4) is 0 Å². The fourth-order valence-corrected chi connectivity index (χ4v) is 4.30. The highest BCUT2D eigenvalue weighted by Crippen LogP contribution is 2.31. The van der Waals surface area contributed by atoms with E-state index in [1.165, 1.54) is 10.3 Å². The lowest BCUT2D eigenvalue weighted by Crippen LogP contribution is -2.44. The van der Waals surface area contributed by atoms with Crippen LogP contribution in [0.4, 0.5) is 11.5 Å². The predicted molar refractivity (Wildman–Crippen MR) is 108 cm³/mol. The molecule has 0 bridgehead atoms. The summed E-state index contributed by atoms with van der Waals surface area (Å²) in [5, 5.41) is 8.25. The summed E-state index contributed by atoms with van der Waals surface area (Å²) in [7, 11) is 0. The molecule has 3 aromatic heterocycles. The van der Waals surface area contributed by atoms with Crippen LogP contribution in [0.5, 0.6) is 0 Å². The lowest BCUT2D eigenvalue weighted by Gasteiger charge is -2.33. The minimum atomic E-state index is 0.573. The van der Waals surface area contributed by atoms with E-state index in [-0.39, 0.29) is 0 Å². The van der Waals surface area contributed by atoms with E-state index < -0.39 is 0 Å². The molecule has 4 heterocycles. The first-order chi connectivity index (χ1) is 12.8. The van der Waals surface area contributed by atoms with E-state index in [4.69, 9.17) is 0 Å². The molecule has 0 atom stereocenters. The van der Waals surface area contributed by atoms with Crippen LogP contribution in [-0.4, -0.2) is 47.2 Å². The smallest absolute Gasteiger partial charge is 0.140 e. The minimum Gasteiger partial charge on any atom is -0.383 e. The van der Waals surface area contributed by atoms with Crippen LogP contribution in [0.2, 0.25) is 0 Å². The molecule has 1 fully saturated rings. The van der Waals surface area contributed by atoms with Crippen LogP contribution in [0.1, 0.15) is 17.7 Å². The van der Waals surface area contributed by atoms with Gasteiger partial charge in [0, 0.05) is 49.5 Å². The van der Waals surface area contributed by atoms with E-state index in [0.717, 1.165) is 55.4 Å². The molecule has 2 N–H and O–H groups in total. The zero-order valence-corrected chi connectivity index (χ0v) is 15.8. The molecule has 136 valence electrons. The van der Waals surface area contributed by atoms with E-state index in [1.807, 2.05) is 18.3 Å². The average Bonchev–Trinajstić information content (AvgIpc) is 3.07. The lowest BCUT2D eigenvalue weighted by molar-refractivity contribution is 0.420. The third-order valence-electron chi connectivity index (χ3n) is 4.77. The van der Waals surface area contributed by atoms with Crippen molar-refractivity contribution in [2.45, 2.75) is 25.8 Å². The highest BCUT2D eigenvalue weighted by atomic mass is 32.1. The molecule has 0 saturated carbocycles. The summed E-state index contributed by atoms with van der Waals surface area (Å²) < 4.78 is 0. The summed E-state index contributed by atoms with van der Waals surface area (Å²) >= 11 is 1.74. The van der Waals surface area contributed by atoms with Crippen molar-refractivity contribution in [2.75, 3.05) is 36.4 Å². The number of thiophene rings is 1. The molecule has 4 rings (SSSR count). The first-order valence-corrected chi connectivity index (χ1v) is 9.94. The SMILES string of the molecule is Cc1cc2c(N3CCC(NCCNc4cccnc4)CC3)ncnc2s1. The molecule has 0 aromatic carbocycles. The molecule has 1 aliphatic rings. The van der Waals surface area contributed by atoms with Crippen LogP contribution in [0.15, 0.2) is 36.9 Å². The molecule has 6 nitrogen and oxygen atoms in total. The Balaban J connectivity index is 1.26. The highest BCUT2D eigenvalue weighted by molar-refractivity contribution is 7.18. The molecule has 0 aliphatic carbocycles. The lowest BCUT2D eigenvalue weighted by atomic mass is 10.0. The molecule has 1 aliphatic heterocycles. The summed E-state index contributed by atoms with van der Waals surface area (Å²) in [6.07, 6.45) is 7.62. The van der Waals surface area contributed by atoms with Gasteiger partial charge in [-0.1, -0.05) is 0 Å². The van der Waals surface area contributed by atoms with Crippen molar-refractivity contribution < 1.29 is 0 Å². The molecule has 0 spiro atoms. The standard InChI is InChI=1S/C19H24N6S/c1-14-11-17-18(23-13-24-19(17)26-14)25-9-4-15(5-10-25)21-7-8-22-16-3-2-6-20-12-16/h2-3,6,11-13,15,21-22H,4-5,7-10H2,1H3. The third-order valence-corrected chi connectivity index (χ3v) is 5.73. The predicted octanol–water partition coefficient (Wildman–Crippen LogP) is 3.07. The Morgan fingerprint density at radius 3 is 2.92 bits per heavy atom. The largest absolute Gasteiger partial charge is 0.383 e. The number of piperidine rings is 1. The highest BCUT2D eigenvalue weighted by Gasteiger charge is 2.21. The van der Waals surface area contributed by atoms with Crippen LogP contribution < -0.4 is 15.5 Å². The minimum absolute atomic E-state index is 0.573. The second-order valence-electron chi connectivity index (χ2n) is 6.66. The number of rotatable bonds is 6. The van der Waals surface area contributed by atoms with Crippen LogP contribution >= 0.6 is 11.3 Å². The fraction of sp³-hybridized carbons (Fsp3) is 0.421. The van der Waals surface area contributed by atoms with E-state index in [1.54, 1.807) is 23.9 Å². The second-order valence-corrected chi connectivity index (χ2v) is 7.89. The van der Waals surface area contributed by atoms with Crippen LogP contribution in [0, 0.1) is 6.92 Å². The molecule has 0 radical (unpaired) electrons. The number of nitrogens with zero attached hydrogens (tertiary/aromatic N) is 4. The van der Waals surface area contributed by atoms with Gasteiger partial charge in [0.2, 0.25) is 0 Å². The van der Waals surface area contributed by atoms with Crippen LogP contribution in [0.25, 0.3) is 10.2 Å². The van der Waals surface area contributed by atoms with Crippen molar-refractivity contribution in [1.82, 2.24) is 20.3 Å². The zero-order chi connectivity index (χ0) is 17.8. The van der Waals surface area contributed by atoms with E-state index in [0.29, 0.717) is 6.04 Å². The number of hydrogen-bond donors (Lipinski definition) is 2. The summed E-state index contributed by atoms with van der Waals surface area (Å²) in [4.78, 5) is 17.9. The van der Waals surface area contributed by atoms with E-state index >= 15 is 0 Å². The van der Waals surface area contributed by atoms with Crippen molar-refractivity contribution >= 4 is 33.1 Å². The Labute approximate surface area is 157 Å². The monoisotopic (exact) mass is 368 g/mol. The molecular formula is C19H24N6S. The number of hydrogen-bond acceptors (Lipinski definition) is 7. The average molecular weight is 369 g/mol. The zero-order valence-electron chi connectivity index (χ0n) is 15.0. The molecule has 0 unspecified atom stereocenters. The summed E-state index contributed by atoms with van der Waals surface area (Å²) in [5.74, 6) is 1.09. The van der Waals surface area contributed by atoms with Gasteiger partial charge < -0.3 is 15.5 Å². The van der Waals surface area contributed by atoms with E-state index in [2.05, 4.69) is 43.5 Å². The van der Waals surface area contributed by atoms with Crippen molar-refractivity contribution in [2.24, 2.45) is 0 Å². The molecule has 1 saturated heterocycles. The Kier molecular flexibility index (Phi) is 5.26. The maximum Gasteiger partial charge on any atom is 0.140 e. The van der Waals surface area contributed by atoms with Gasteiger partial charge in [-0.2, -0.15) is 0 Å². The van der Waals surface area contributed by atoms with Gasteiger partial charge in [0.1, 0.15) is 17.0 Å². The number of aromatic nitrogens is 3. The van der Waals surface area contributed by atoms with Crippen molar-refractivity contribution in [3.63, 3.8) is 0 Å². The second kappa shape index (κ2) is 7.97. The molecule has 26 heavy (non-hydrogen) atoms. The Morgan fingerprint density at radius 2 is 2.12 bits per heavy atom. The third kappa shape index (κ3) is 3.94. The van der Waals surface area contributed by atoms with Gasteiger partial charge in [-0.15, -0.1) is 11.3 Å². The summed E-state index contributed by atoms with van der Waals surface area (Å²) in [5.41, 5.74) is 1.07. The topological polar surface area (TPSA) is 66.0 Å². The van der Waals surface area contributed by atoms with Gasteiger partial charge >= 0.3 is 0 Å². The maximum absolute atomic E-state index is 4.56. The Morgan fingerprint density at radius 1 is 1.23 bits per heavy atom. The number of anilines is 2. The molecular weight excluding hydrogens is 344 g/mol. The van der Waals surface area contributed by atoms with Gasteiger partial charge in [-0.05, 0) is 38.0 Å². The van der Waals surface area contributed by atoms with Gasteiger partial charge in [-0.3, -0.25) is 4.98 Å². The fourth-order valence-electron chi connectivity index (χ4n) is 3.46. The van der Waals surface area contributed by atoms with Gasteiger partial charge in [-0.25, -0.2) is 9.97 Å². The van der Waals surface area contributed by atoms with Gasteiger partial charge in [0.25, 0.3) is 0 Å². The molecule has 7 heteroatoms. The quantitative estimate of drug-likeness (QED) is 0.652. The van der Waals surface area contributed by atoms with Gasteiger partial charge in [0.05, 0.1) is 11.1 Å². The normalized spacial score (nSPS) is 15.5. The van der Waals surface area contributed by atoms with Crippen LogP contribution in [-0.2, 0) is 0 Å². The number of aryl methyl sites for hydroxylation is 1. The van der Waals surface area contributed by atoms with Gasteiger partial charge in [0.15, 0.2) is 0 Å². The van der Waals surface area contributed by atoms with Crippen molar-refractivity contribution in [3.05, 3.63) is 41.8 Å². The maximum atomic E-state index is 4.56. The number of nitrogens with one attached hydrogen (secondary N) is 2. The first-order valence-electron chi connectivity index (χ1n) is 9.13. The van der Waals surface area contributed by atoms with Crippen molar-refractivity contribution in [1.29, 1.82) is 0 Å². The Hall–Kier alpha value is -2.25. The Bertz CT molecular complexity index is 842. The first kappa shape index (κ1) is 17.2. The molecule has 3 aromatic rings. The van der Waals surface area contributed by atoms with Crippen molar-refractivity contribution in [3.8, 4) is 0 Å². The number of pyridine rings is 1.